The van der Waals surface area contributed by atoms with Gasteiger partial charge in [0.1, 0.15) is 5.69 Å². The Morgan fingerprint density at radius 2 is 1.67 bits per heavy atom. The van der Waals surface area contributed by atoms with Gasteiger partial charge in [0.2, 0.25) is 5.91 Å². The topological polar surface area (TPSA) is 116 Å². The van der Waals surface area contributed by atoms with Crippen molar-refractivity contribution in [2.24, 2.45) is 0 Å². The van der Waals surface area contributed by atoms with E-state index < -0.39 is 10.8 Å². The summed E-state index contributed by atoms with van der Waals surface area (Å²) in [4.78, 5) is 52.6. The molecule has 0 unspecified atom stereocenters. The molecule has 0 atom stereocenters. The van der Waals surface area contributed by atoms with E-state index in [1.54, 1.807) is 25.1 Å². The Bertz CT molecular complexity index is 1110. The van der Waals surface area contributed by atoms with Crippen molar-refractivity contribution in [1.82, 2.24) is 9.80 Å². The van der Waals surface area contributed by atoms with Crippen LogP contribution >= 0.6 is 11.6 Å². The second-order valence-corrected chi connectivity index (χ2v) is 8.21. The van der Waals surface area contributed by atoms with Gasteiger partial charge in [-0.3, -0.25) is 24.5 Å². The van der Waals surface area contributed by atoms with Gasteiger partial charge in [-0.2, -0.15) is 0 Å². The Hall–Kier alpha value is -3.66. The molecule has 33 heavy (non-hydrogen) atoms. The number of halogens is 1. The number of nitro benzene ring substituents is 1. The first kappa shape index (κ1) is 24.0. The number of benzene rings is 2. The van der Waals surface area contributed by atoms with E-state index in [4.69, 9.17) is 11.6 Å². The quantitative estimate of drug-likeness (QED) is 0.527. The number of hydrogen-bond donors (Lipinski definition) is 1. The number of carbonyl (C=O) groups is 3. The molecule has 0 aliphatic carbocycles. The van der Waals surface area contributed by atoms with Crippen molar-refractivity contribution in [2.75, 3.05) is 50.5 Å². The lowest BCUT2D eigenvalue weighted by Gasteiger charge is -2.35. The molecule has 1 fully saturated rings. The van der Waals surface area contributed by atoms with E-state index in [1.165, 1.54) is 42.2 Å². The third kappa shape index (κ3) is 5.40. The van der Waals surface area contributed by atoms with Crippen LogP contribution in [0.2, 0.25) is 5.02 Å². The number of piperazine rings is 1. The highest BCUT2D eigenvalue weighted by atomic mass is 35.5. The van der Waals surface area contributed by atoms with Gasteiger partial charge in [-0.05, 0) is 30.3 Å². The van der Waals surface area contributed by atoms with Gasteiger partial charge in [0.15, 0.2) is 0 Å². The normalized spacial score (nSPS) is 13.5. The van der Waals surface area contributed by atoms with Gasteiger partial charge < -0.3 is 20.0 Å². The van der Waals surface area contributed by atoms with E-state index in [2.05, 4.69) is 5.32 Å². The first-order valence-electron chi connectivity index (χ1n) is 10.2. The van der Waals surface area contributed by atoms with Crippen LogP contribution in [0.4, 0.5) is 17.1 Å². The van der Waals surface area contributed by atoms with Crippen molar-refractivity contribution >= 4 is 46.4 Å². The zero-order valence-corrected chi connectivity index (χ0v) is 19.3. The minimum Gasteiger partial charge on any atom is -0.362 e. The zero-order chi connectivity index (χ0) is 24.3. The largest absolute Gasteiger partial charge is 0.362 e. The van der Waals surface area contributed by atoms with E-state index in [0.29, 0.717) is 37.4 Å². The average Bonchev–Trinajstić information content (AvgIpc) is 2.79. The van der Waals surface area contributed by atoms with Crippen molar-refractivity contribution in [3.05, 3.63) is 62.7 Å². The predicted molar refractivity (Wildman–Crippen MR) is 125 cm³/mol. The monoisotopic (exact) mass is 473 g/mol. The standard InChI is InChI=1S/C22H24ClN5O5/c1-14(29)26-8-10-27(11-9-26)19-7-5-15(13-20(19)28(32)33)21(30)24-18-12-16(4-6-17(18)23)22(31)25(2)3/h4-7,12-13H,8-11H2,1-3H3,(H,24,30). The van der Waals surface area contributed by atoms with Crippen LogP contribution in [0.3, 0.4) is 0 Å². The highest BCUT2D eigenvalue weighted by Crippen LogP contribution is 2.31. The molecule has 2 aromatic carbocycles. The van der Waals surface area contributed by atoms with Gasteiger partial charge in [0, 0.05) is 64.4 Å². The predicted octanol–water partition coefficient (Wildman–Crippen LogP) is 2.87. The lowest BCUT2D eigenvalue weighted by Crippen LogP contribution is -2.48. The Kier molecular flexibility index (Phi) is 7.17. The highest BCUT2D eigenvalue weighted by Gasteiger charge is 2.26. The molecule has 11 heteroatoms. The molecule has 1 aliphatic heterocycles. The summed E-state index contributed by atoms with van der Waals surface area (Å²) in [7, 11) is 3.21. The number of carbonyl (C=O) groups excluding carboxylic acids is 3. The van der Waals surface area contributed by atoms with Gasteiger partial charge in [-0.1, -0.05) is 11.6 Å². The van der Waals surface area contributed by atoms with Gasteiger partial charge in [0.25, 0.3) is 17.5 Å². The van der Waals surface area contributed by atoms with Gasteiger partial charge in [-0.15, -0.1) is 0 Å². The number of anilines is 2. The summed E-state index contributed by atoms with van der Waals surface area (Å²) in [6.45, 7) is 3.33. The molecule has 174 valence electrons. The minimum atomic E-state index is -0.595. The summed E-state index contributed by atoms with van der Waals surface area (Å²) in [6, 6.07) is 8.75. The number of hydrogen-bond acceptors (Lipinski definition) is 6. The number of amides is 3. The van der Waals surface area contributed by atoms with Crippen molar-refractivity contribution in [3.63, 3.8) is 0 Å². The molecule has 0 saturated carbocycles. The van der Waals surface area contributed by atoms with Gasteiger partial charge in [0.05, 0.1) is 15.6 Å². The molecule has 0 radical (unpaired) electrons. The first-order chi connectivity index (χ1) is 15.6. The number of nitrogens with one attached hydrogen (secondary N) is 1. The molecule has 1 aliphatic rings. The van der Waals surface area contributed by atoms with Crippen LogP contribution in [0.5, 0.6) is 0 Å². The van der Waals surface area contributed by atoms with E-state index in [0.717, 1.165) is 0 Å². The molecule has 1 saturated heterocycles. The molecule has 0 bridgehead atoms. The summed E-state index contributed by atoms with van der Waals surface area (Å²) in [5, 5.41) is 14.6. The van der Waals surface area contributed by atoms with E-state index >= 15 is 0 Å². The fourth-order valence-corrected chi connectivity index (χ4v) is 3.71. The fraction of sp³-hybridized carbons (Fsp3) is 0.318. The highest BCUT2D eigenvalue weighted by molar-refractivity contribution is 6.34. The van der Waals surface area contributed by atoms with Crippen LogP contribution < -0.4 is 10.2 Å². The lowest BCUT2D eigenvalue weighted by molar-refractivity contribution is -0.384. The lowest BCUT2D eigenvalue weighted by atomic mass is 10.1. The molecule has 10 nitrogen and oxygen atoms in total. The second-order valence-electron chi connectivity index (χ2n) is 7.80. The first-order valence-corrected chi connectivity index (χ1v) is 10.6. The number of nitro groups is 1. The molecule has 2 aromatic rings. The molecule has 0 spiro atoms. The van der Waals surface area contributed by atoms with E-state index in [9.17, 15) is 24.5 Å². The Balaban J connectivity index is 1.83. The van der Waals surface area contributed by atoms with Crippen LogP contribution in [0.15, 0.2) is 36.4 Å². The third-order valence-corrected chi connectivity index (χ3v) is 5.70. The fourth-order valence-electron chi connectivity index (χ4n) is 3.55. The van der Waals surface area contributed by atoms with Crippen molar-refractivity contribution < 1.29 is 19.3 Å². The molecule has 3 amide bonds. The summed E-state index contributed by atoms with van der Waals surface area (Å²) in [5.74, 6) is -0.888. The van der Waals surface area contributed by atoms with Crippen molar-refractivity contribution in [2.45, 2.75) is 6.92 Å². The van der Waals surface area contributed by atoms with Crippen LogP contribution in [-0.4, -0.2) is 72.7 Å². The number of nitrogens with zero attached hydrogens (tertiary/aromatic N) is 4. The van der Waals surface area contributed by atoms with Gasteiger partial charge >= 0.3 is 0 Å². The van der Waals surface area contributed by atoms with Crippen molar-refractivity contribution in [1.29, 1.82) is 0 Å². The molecule has 3 rings (SSSR count). The maximum Gasteiger partial charge on any atom is 0.293 e. The van der Waals surface area contributed by atoms with Crippen molar-refractivity contribution in [3.8, 4) is 0 Å². The summed E-state index contributed by atoms with van der Waals surface area (Å²) >= 11 is 6.17. The Morgan fingerprint density at radius 1 is 1.03 bits per heavy atom. The van der Waals surface area contributed by atoms with Crippen LogP contribution in [-0.2, 0) is 4.79 Å². The SMILES string of the molecule is CC(=O)N1CCN(c2ccc(C(=O)Nc3cc(C(=O)N(C)C)ccc3Cl)cc2[N+](=O)[O-])CC1. The van der Waals surface area contributed by atoms with Crippen LogP contribution in [0.25, 0.3) is 0 Å². The van der Waals surface area contributed by atoms with Crippen LogP contribution in [0, 0.1) is 10.1 Å². The average molecular weight is 474 g/mol. The Morgan fingerprint density at radius 3 is 2.24 bits per heavy atom. The van der Waals surface area contributed by atoms with Gasteiger partial charge in [-0.25, -0.2) is 0 Å². The summed E-state index contributed by atoms with van der Waals surface area (Å²) < 4.78 is 0. The maximum absolute atomic E-state index is 12.8. The smallest absolute Gasteiger partial charge is 0.293 e. The molecule has 0 aromatic heterocycles. The molecule has 1 N–H and O–H groups in total. The molecular formula is C22H24ClN5O5. The van der Waals surface area contributed by atoms with E-state index in [-0.39, 0.29) is 33.8 Å². The molecular weight excluding hydrogens is 450 g/mol. The van der Waals surface area contributed by atoms with E-state index in [1.807, 2.05) is 4.90 Å². The van der Waals surface area contributed by atoms with Crippen LogP contribution in [0.1, 0.15) is 27.6 Å². The Labute approximate surface area is 195 Å². The summed E-state index contributed by atoms with van der Waals surface area (Å²) in [6.07, 6.45) is 0. The third-order valence-electron chi connectivity index (χ3n) is 5.37. The number of rotatable bonds is 5. The maximum atomic E-state index is 12.8. The molecule has 1 heterocycles. The zero-order valence-electron chi connectivity index (χ0n) is 18.5. The second kappa shape index (κ2) is 9.86. The minimum absolute atomic E-state index is 0.0359. The summed E-state index contributed by atoms with van der Waals surface area (Å²) in [5.41, 5.74) is 0.818.